The second-order valence-electron chi connectivity index (χ2n) is 7.01. The number of ether oxygens (including phenoxy) is 1. The number of hydrogen-bond donors (Lipinski definition) is 2. The molecule has 0 spiro atoms. The molecule has 2 heterocycles. The zero-order valence-corrected chi connectivity index (χ0v) is 16.5. The normalized spacial score (nSPS) is 11.9. The van der Waals surface area contributed by atoms with Crippen LogP contribution < -0.4 is 5.32 Å². The SMILES string of the molecule is COC(=O)C(Cc1c[nH]c2ccccc12)NC(=O)c1ccc(Cn2cccn2)cc1. The number of fused-ring (bicyclic) bond motifs is 1. The monoisotopic (exact) mass is 402 g/mol. The molecule has 0 aliphatic heterocycles. The van der Waals surface area contributed by atoms with E-state index in [4.69, 9.17) is 4.74 Å². The fraction of sp³-hybridized carbons (Fsp3) is 0.174. The summed E-state index contributed by atoms with van der Waals surface area (Å²) in [7, 11) is 1.32. The highest BCUT2D eigenvalue weighted by molar-refractivity contribution is 5.97. The third-order valence-corrected chi connectivity index (χ3v) is 5.01. The van der Waals surface area contributed by atoms with Crippen LogP contribution in [0.4, 0.5) is 0 Å². The maximum absolute atomic E-state index is 12.8. The second kappa shape index (κ2) is 8.65. The first-order valence-corrected chi connectivity index (χ1v) is 9.64. The molecular weight excluding hydrogens is 380 g/mol. The maximum atomic E-state index is 12.8. The Morgan fingerprint density at radius 3 is 2.67 bits per heavy atom. The summed E-state index contributed by atoms with van der Waals surface area (Å²) in [6.45, 7) is 0.625. The van der Waals surface area contributed by atoms with Crippen molar-refractivity contribution in [3.63, 3.8) is 0 Å². The first kappa shape index (κ1) is 19.4. The number of H-pyrrole nitrogens is 1. The van der Waals surface area contributed by atoms with Gasteiger partial charge in [0.1, 0.15) is 6.04 Å². The van der Waals surface area contributed by atoms with Crippen molar-refractivity contribution < 1.29 is 14.3 Å². The van der Waals surface area contributed by atoms with E-state index in [0.717, 1.165) is 22.0 Å². The number of hydrogen-bond acceptors (Lipinski definition) is 4. The molecule has 0 saturated carbocycles. The highest BCUT2D eigenvalue weighted by Gasteiger charge is 2.24. The molecule has 0 saturated heterocycles. The molecular formula is C23H22N4O3. The molecule has 30 heavy (non-hydrogen) atoms. The Balaban J connectivity index is 1.47. The number of carbonyl (C=O) groups is 2. The Morgan fingerprint density at radius 2 is 1.93 bits per heavy atom. The standard InChI is InChI=1S/C23H22N4O3/c1-30-23(29)21(13-18-14-24-20-6-3-2-5-19(18)20)26-22(28)17-9-7-16(8-10-17)15-27-12-4-11-25-27/h2-12,14,21,24H,13,15H2,1H3,(H,26,28). The van der Waals surface area contributed by atoms with Crippen molar-refractivity contribution in [2.24, 2.45) is 0 Å². The van der Waals surface area contributed by atoms with Crippen LogP contribution in [0.3, 0.4) is 0 Å². The number of aromatic amines is 1. The van der Waals surface area contributed by atoms with Crippen LogP contribution in [-0.4, -0.2) is 39.8 Å². The molecule has 0 aliphatic rings. The number of para-hydroxylation sites is 1. The minimum atomic E-state index is -0.787. The molecule has 7 heteroatoms. The van der Waals surface area contributed by atoms with E-state index in [9.17, 15) is 9.59 Å². The van der Waals surface area contributed by atoms with E-state index >= 15 is 0 Å². The van der Waals surface area contributed by atoms with Crippen LogP contribution in [0.1, 0.15) is 21.5 Å². The van der Waals surface area contributed by atoms with E-state index in [1.807, 2.05) is 59.5 Å². The molecule has 0 fully saturated rings. The molecule has 1 atom stereocenters. The van der Waals surface area contributed by atoms with Gasteiger partial charge in [-0.3, -0.25) is 9.48 Å². The van der Waals surface area contributed by atoms with E-state index in [-0.39, 0.29) is 5.91 Å². The van der Waals surface area contributed by atoms with Gasteiger partial charge in [-0.15, -0.1) is 0 Å². The molecule has 1 amide bonds. The first-order chi connectivity index (χ1) is 14.6. The summed E-state index contributed by atoms with van der Waals surface area (Å²) in [5.41, 5.74) is 3.43. The van der Waals surface area contributed by atoms with Gasteiger partial charge in [0.15, 0.2) is 0 Å². The number of aromatic nitrogens is 3. The molecule has 0 radical (unpaired) electrons. The lowest BCUT2D eigenvalue weighted by Crippen LogP contribution is -2.43. The van der Waals surface area contributed by atoms with E-state index in [1.165, 1.54) is 7.11 Å². The van der Waals surface area contributed by atoms with E-state index in [2.05, 4.69) is 15.4 Å². The number of nitrogens with zero attached hydrogens (tertiary/aromatic N) is 2. The number of amides is 1. The molecule has 4 aromatic rings. The summed E-state index contributed by atoms with van der Waals surface area (Å²) in [4.78, 5) is 28.3. The molecule has 152 valence electrons. The van der Waals surface area contributed by atoms with Gasteiger partial charge in [-0.05, 0) is 35.4 Å². The van der Waals surface area contributed by atoms with Crippen molar-refractivity contribution >= 4 is 22.8 Å². The quantitative estimate of drug-likeness (QED) is 0.465. The van der Waals surface area contributed by atoms with Gasteiger partial charge in [-0.1, -0.05) is 30.3 Å². The largest absolute Gasteiger partial charge is 0.467 e. The number of benzene rings is 2. The third kappa shape index (κ3) is 4.25. The molecule has 4 rings (SSSR count). The van der Waals surface area contributed by atoms with E-state index in [1.54, 1.807) is 18.3 Å². The minimum absolute atomic E-state index is 0.323. The lowest BCUT2D eigenvalue weighted by atomic mass is 10.0. The Morgan fingerprint density at radius 1 is 1.13 bits per heavy atom. The number of rotatable bonds is 7. The van der Waals surface area contributed by atoms with Crippen LogP contribution >= 0.6 is 0 Å². The fourth-order valence-corrected chi connectivity index (χ4v) is 3.44. The van der Waals surface area contributed by atoms with Crippen molar-refractivity contribution in [1.82, 2.24) is 20.1 Å². The van der Waals surface area contributed by atoms with Crippen molar-refractivity contribution in [3.8, 4) is 0 Å². The molecule has 1 unspecified atom stereocenters. The lowest BCUT2D eigenvalue weighted by Gasteiger charge is -2.16. The Bertz CT molecular complexity index is 1150. The zero-order chi connectivity index (χ0) is 20.9. The number of methoxy groups -OCH3 is 1. The van der Waals surface area contributed by atoms with Gasteiger partial charge in [-0.2, -0.15) is 5.10 Å². The Kier molecular flexibility index (Phi) is 5.61. The Hall–Kier alpha value is -3.87. The fourth-order valence-electron chi connectivity index (χ4n) is 3.44. The minimum Gasteiger partial charge on any atom is -0.467 e. The second-order valence-corrected chi connectivity index (χ2v) is 7.01. The van der Waals surface area contributed by atoms with E-state index in [0.29, 0.717) is 18.5 Å². The Labute approximate surface area is 173 Å². The molecule has 2 N–H and O–H groups in total. The highest BCUT2D eigenvalue weighted by atomic mass is 16.5. The van der Waals surface area contributed by atoms with Gasteiger partial charge in [0.25, 0.3) is 5.91 Å². The third-order valence-electron chi connectivity index (χ3n) is 5.01. The average Bonchev–Trinajstić information content (AvgIpc) is 3.43. The number of nitrogens with one attached hydrogen (secondary N) is 2. The summed E-state index contributed by atoms with van der Waals surface area (Å²) in [6.07, 6.45) is 5.80. The van der Waals surface area contributed by atoms with Crippen molar-refractivity contribution in [1.29, 1.82) is 0 Å². The highest BCUT2D eigenvalue weighted by Crippen LogP contribution is 2.19. The van der Waals surface area contributed by atoms with Crippen LogP contribution in [0.5, 0.6) is 0 Å². The predicted octanol–water partition coefficient (Wildman–Crippen LogP) is 2.93. The van der Waals surface area contributed by atoms with Crippen LogP contribution in [0.25, 0.3) is 10.9 Å². The van der Waals surface area contributed by atoms with Crippen molar-refractivity contribution in [3.05, 3.63) is 89.9 Å². The number of carbonyl (C=O) groups excluding carboxylic acids is 2. The molecule has 2 aromatic carbocycles. The van der Waals surface area contributed by atoms with Crippen LogP contribution in [0, 0.1) is 0 Å². The lowest BCUT2D eigenvalue weighted by molar-refractivity contribution is -0.142. The van der Waals surface area contributed by atoms with Crippen LogP contribution in [0.15, 0.2) is 73.2 Å². The maximum Gasteiger partial charge on any atom is 0.328 e. The van der Waals surface area contributed by atoms with Crippen molar-refractivity contribution in [2.45, 2.75) is 19.0 Å². The van der Waals surface area contributed by atoms with Gasteiger partial charge in [-0.25, -0.2) is 4.79 Å². The summed E-state index contributed by atoms with van der Waals surface area (Å²) in [5, 5.41) is 8.00. The van der Waals surface area contributed by atoms with Gasteiger partial charge >= 0.3 is 5.97 Å². The van der Waals surface area contributed by atoms with Gasteiger partial charge in [0, 0.05) is 41.5 Å². The average molecular weight is 402 g/mol. The van der Waals surface area contributed by atoms with Crippen LogP contribution in [-0.2, 0) is 22.5 Å². The molecule has 2 aromatic heterocycles. The van der Waals surface area contributed by atoms with Crippen LogP contribution in [0.2, 0.25) is 0 Å². The first-order valence-electron chi connectivity index (χ1n) is 9.64. The summed E-state index contributed by atoms with van der Waals surface area (Å²) in [5.74, 6) is -0.806. The number of esters is 1. The molecule has 7 nitrogen and oxygen atoms in total. The van der Waals surface area contributed by atoms with E-state index < -0.39 is 12.0 Å². The van der Waals surface area contributed by atoms with Crippen molar-refractivity contribution in [2.75, 3.05) is 7.11 Å². The summed E-state index contributed by atoms with van der Waals surface area (Å²) >= 11 is 0. The molecule has 0 aliphatic carbocycles. The van der Waals surface area contributed by atoms with Gasteiger partial charge < -0.3 is 15.0 Å². The zero-order valence-electron chi connectivity index (χ0n) is 16.5. The van der Waals surface area contributed by atoms with Gasteiger partial charge in [0.2, 0.25) is 0 Å². The molecule has 0 bridgehead atoms. The summed E-state index contributed by atoms with van der Waals surface area (Å²) in [6, 6.07) is 16.2. The topological polar surface area (TPSA) is 89.0 Å². The predicted molar refractivity (Wildman–Crippen MR) is 113 cm³/mol. The van der Waals surface area contributed by atoms with Gasteiger partial charge in [0.05, 0.1) is 13.7 Å². The smallest absolute Gasteiger partial charge is 0.328 e. The summed E-state index contributed by atoms with van der Waals surface area (Å²) < 4.78 is 6.72.